The average Bonchev–Trinajstić information content (AvgIpc) is 2.47. The summed E-state index contributed by atoms with van der Waals surface area (Å²) in [4.78, 5) is 10.6. The number of benzene rings is 1. The third kappa shape index (κ3) is 7.42. The number of rotatable bonds is 10. The maximum Gasteiger partial charge on any atom is 0.192 e. The predicted molar refractivity (Wildman–Crippen MR) is 98.1 cm³/mol. The highest BCUT2D eigenvalue weighted by atomic mass is 28.4. The van der Waals surface area contributed by atoms with Crippen molar-refractivity contribution in [3.05, 3.63) is 35.9 Å². The molecule has 4 heteroatoms. The largest absolute Gasteiger partial charge is 0.412 e. The SMILES string of the molecule is CC(C)(C)[Si](C)(C)O[C@@H](CCCC=O)COCc1ccccc1. The minimum atomic E-state index is -1.83. The third-order valence-electron chi connectivity index (χ3n) is 4.53. The van der Waals surface area contributed by atoms with E-state index in [9.17, 15) is 4.79 Å². The molecule has 0 amide bonds. The van der Waals surface area contributed by atoms with Gasteiger partial charge in [0.1, 0.15) is 6.29 Å². The van der Waals surface area contributed by atoms with Gasteiger partial charge in [-0.3, -0.25) is 0 Å². The van der Waals surface area contributed by atoms with Gasteiger partial charge in [0, 0.05) is 6.42 Å². The molecule has 1 aromatic carbocycles. The van der Waals surface area contributed by atoms with Crippen LogP contribution in [0.1, 0.15) is 45.6 Å². The summed E-state index contributed by atoms with van der Waals surface area (Å²) in [5, 5.41) is 0.176. The average molecular weight is 337 g/mol. The molecule has 0 heterocycles. The first-order chi connectivity index (χ1) is 10.8. The Balaban J connectivity index is 2.56. The summed E-state index contributed by atoms with van der Waals surface area (Å²) in [6.45, 7) is 12.4. The Labute approximate surface area is 142 Å². The highest BCUT2D eigenvalue weighted by Crippen LogP contribution is 2.37. The molecule has 1 atom stereocenters. The van der Waals surface area contributed by atoms with Gasteiger partial charge < -0.3 is 14.0 Å². The Hall–Kier alpha value is -0.973. The van der Waals surface area contributed by atoms with E-state index < -0.39 is 8.32 Å². The van der Waals surface area contributed by atoms with Crippen molar-refractivity contribution >= 4 is 14.6 Å². The Kier molecular flexibility index (Phi) is 8.16. The summed E-state index contributed by atoms with van der Waals surface area (Å²) >= 11 is 0. The molecule has 0 unspecified atom stereocenters. The first-order valence-corrected chi connectivity index (χ1v) is 11.4. The summed E-state index contributed by atoms with van der Waals surface area (Å²) in [5.74, 6) is 0. The zero-order valence-electron chi connectivity index (χ0n) is 15.3. The second kappa shape index (κ2) is 9.35. The van der Waals surface area contributed by atoms with E-state index in [-0.39, 0.29) is 11.1 Å². The highest BCUT2D eigenvalue weighted by molar-refractivity contribution is 6.74. The maximum absolute atomic E-state index is 10.6. The molecule has 23 heavy (non-hydrogen) atoms. The van der Waals surface area contributed by atoms with Crippen molar-refractivity contribution in [3.8, 4) is 0 Å². The molecule has 1 aromatic rings. The fourth-order valence-corrected chi connectivity index (χ4v) is 3.45. The molecule has 0 aliphatic carbocycles. The molecule has 0 aromatic heterocycles. The van der Waals surface area contributed by atoms with Gasteiger partial charge in [0.25, 0.3) is 0 Å². The molecule has 0 aliphatic heterocycles. The molecule has 0 bridgehead atoms. The number of aldehydes is 1. The van der Waals surface area contributed by atoms with Crippen LogP contribution < -0.4 is 0 Å². The topological polar surface area (TPSA) is 35.5 Å². The van der Waals surface area contributed by atoms with Crippen LogP contribution in [0.15, 0.2) is 30.3 Å². The predicted octanol–water partition coefficient (Wildman–Crippen LogP) is 4.96. The second-order valence-electron chi connectivity index (χ2n) is 7.60. The van der Waals surface area contributed by atoms with Crippen molar-refractivity contribution in [2.45, 2.75) is 70.9 Å². The minimum absolute atomic E-state index is 0.0690. The van der Waals surface area contributed by atoms with Crippen molar-refractivity contribution in [2.75, 3.05) is 6.61 Å². The van der Waals surface area contributed by atoms with Crippen LogP contribution in [0, 0.1) is 0 Å². The number of carbonyl (C=O) groups excluding carboxylic acids is 1. The van der Waals surface area contributed by atoms with E-state index in [2.05, 4.69) is 46.0 Å². The van der Waals surface area contributed by atoms with E-state index >= 15 is 0 Å². The number of carbonyl (C=O) groups is 1. The van der Waals surface area contributed by atoms with Crippen molar-refractivity contribution in [1.82, 2.24) is 0 Å². The van der Waals surface area contributed by atoms with Crippen LogP contribution in [0.2, 0.25) is 18.1 Å². The molecular formula is C19H32O3Si. The second-order valence-corrected chi connectivity index (χ2v) is 12.4. The summed E-state index contributed by atoms with van der Waals surface area (Å²) < 4.78 is 12.4. The quantitative estimate of drug-likeness (QED) is 0.344. The fraction of sp³-hybridized carbons (Fsp3) is 0.632. The van der Waals surface area contributed by atoms with Gasteiger partial charge in [0.15, 0.2) is 8.32 Å². The van der Waals surface area contributed by atoms with E-state index in [4.69, 9.17) is 9.16 Å². The normalized spacial score (nSPS) is 13.8. The van der Waals surface area contributed by atoms with Gasteiger partial charge >= 0.3 is 0 Å². The lowest BCUT2D eigenvalue weighted by Gasteiger charge is -2.39. The third-order valence-corrected chi connectivity index (χ3v) is 9.07. The van der Waals surface area contributed by atoms with Crippen LogP contribution in [-0.2, 0) is 20.6 Å². The van der Waals surface area contributed by atoms with Crippen molar-refractivity contribution in [1.29, 1.82) is 0 Å². The van der Waals surface area contributed by atoms with E-state index in [1.54, 1.807) is 0 Å². The van der Waals surface area contributed by atoms with Gasteiger partial charge in [0.05, 0.1) is 19.3 Å². The molecule has 1 rings (SSSR count). The smallest absolute Gasteiger partial charge is 0.192 e. The van der Waals surface area contributed by atoms with Crippen LogP contribution >= 0.6 is 0 Å². The van der Waals surface area contributed by atoms with Gasteiger partial charge in [-0.2, -0.15) is 0 Å². The number of hydrogen-bond acceptors (Lipinski definition) is 3. The zero-order valence-corrected chi connectivity index (χ0v) is 16.3. The van der Waals surface area contributed by atoms with Crippen LogP contribution in [0.3, 0.4) is 0 Å². The number of ether oxygens (including phenoxy) is 1. The summed E-state index contributed by atoms with van der Waals surface area (Å²) in [6, 6.07) is 10.2. The van der Waals surface area contributed by atoms with Crippen molar-refractivity contribution < 1.29 is 14.0 Å². The molecular weight excluding hydrogens is 304 g/mol. The molecule has 3 nitrogen and oxygen atoms in total. The molecule has 0 aliphatic rings. The van der Waals surface area contributed by atoms with E-state index in [0.29, 0.717) is 19.6 Å². The number of unbranched alkanes of at least 4 members (excludes halogenated alkanes) is 1. The standard InChI is InChI=1S/C19H32O3Si/c1-19(2,3)23(4,5)22-18(13-9-10-14-20)16-21-15-17-11-7-6-8-12-17/h6-8,11-12,14,18H,9-10,13,15-16H2,1-5H3/t18-/m0/s1. The van der Waals surface area contributed by atoms with E-state index in [1.807, 2.05) is 18.2 Å². The molecule has 0 saturated heterocycles. The number of hydrogen-bond donors (Lipinski definition) is 0. The minimum Gasteiger partial charge on any atom is -0.412 e. The summed E-state index contributed by atoms with van der Waals surface area (Å²) in [5.41, 5.74) is 1.17. The Morgan fingerprint density at radius 2 is 1.83 bits per heavy atom. The maximum atomic E-state index is 10.6. The monoisotopic (exact) mass is 336 g/mol. The molecule has 130 valence electrons. The van der Waals surface area contributed by atoms with Crippen LogP contribution in [0.4, 0.5) is 0 Å². The molecule has 0 N–H and O–H groups in total. The lowest BCUT2D eigenvalue weighted by molar-refractivity contribution is -0.108. The van der Waals surface area contributed by atoms with Gasteiger partial charge in [-0.15, -0.1) is 0 Å². The van der Waals surface area contributed by atoms with E-state index in [1.165, 1.54) is 5.56 Å². The summed E-state index contributed by atoms with van der Waals surface area (Å²) in [6.07, 6.45) is 3.38. The lowest BCUT2D eigenvalue weighted by atomic mass is 10.2. The fourth-order valence-electron chi connectivity index (χ4n) is 2.08. The Morgan fingerprint density at radius 3 is 2.39 bits per heavy atom. The lowest BCUT2D eigenvalue weighted by Crippen LogP contribution is -2.45. The van der Waals surface area contributed by atoms with Gasteiger partial charge in [0.2, 0.25) is 0 Å². The van der Waals surface area contributed by atoms with Crippen molar-refractivity contribution in [2.24, 2.45) is 0 Å². The molecule has 0 fully saturated rings. The highest BCUT2D eigenvalue weighted by Gasteiger charge is 2.39. The first kappa shape index (κ1) is 20.1. The van der Waals surface area contributed by atoms with Gasteiger partial charge in [-0.25, -0.2) is 0 Å². The van der Waals surface area contributed by atoms with Gasteiger partial charge in [-0.05, 0) is 36.5 Å². The molecule has 0 radical (unpaired) electrons. The van der Waals surface area contributed by atoms with Gasteiger partial charge in [-0.1, -0.05) is 51.1 Å². The summed E-state index contributed by atoms with van der Waals surface area (Å²) in [7, 11) is -1.83. The van der Waals surface area contributed by atoms with Crippen molar-refractivity contribution in [3.63, 3.8) is 0 Å². The first-order valence-electron chi connectivity index (χ1n) is 8.49. The Bertz CT molecular complexity index is 451. The zero-order chi connectivity index (χ0) is 17.3. The van der Waals surface area contributed by atoms with Crippen LogP contribution in [0.25, 0.3) is 0 Å². The van der Waals surface area contributed by atoms with Crippen LogP contribution in [0.5, 0.6) is 0 Å². The molecule has 0 saturated carbocycles. The Morgan fingerprint density at radius 1 is 1.17 bits per heavy atom. The van der Waals surface area contributed by atoms with E-state index in [0.717, 1.165) is 19.1 Å². The van der Waals surface area contributed by atoms with Crippen LogP contribution in [-0.4, -0.2) is 27.3 Å². The molecule has 0 spiro atoms.